The third-order valence-electron chi connectivity index (χ3n) is 5.72. The van der Waals surface area contributed by atoms with E-state index in [4.69, 9.17) is 13.9 Å². The minimum absolute atomic E-state index is 0.229. The first kappa shape index (κ1) is 21.3. The van der Waals surface area contributed by atoms with E-state index in [0.717, 1.165) is 29.3 Å². The smallest absolute Gasteiger partial charge is 0.377 e. The van der Waals surface area contributed by atoms with Crippen molar-refractivity contribution >= 4 is 20.4 Å². The van der Waals surface area contributed by atoms with E-state index in [2.05, 4.69) is 20.8 Å². The van der Waals surface area contributed by atoms with E-state index in [0.29, 0.717) is 6.42 Å². The zero-order valence-corrected chi connectivity index (χ0v) is 18.5. The molecule has 3 rings (SSSR count). The van der Waals surface area contributed by atoms with Crippen molar-refractivity contribution in [1.82, 2.24) is 0 Å². The van der Waals surface area contributed by atoms with Crippen molar-refractivity contribution in [2.24, 2.45) is 0 Å². The number of carbonyl (C=O) groups excluding carboxylic acids is 1. The third-order valence-corrected chi connectivity index (χ3v) is 10.3. The molecule has 29 heavy (non-hydrogen) atoms. The van der Waals surface area contributed by atoms with E-state index in [1.54, 1.807) is 6.08 Å². The molecule has 0 aromatic heterocycles. The summed E-state index contributed by atoms with van der Waals surface area (Å²) in [7, 11) is -1.86. The highest BCUT2D eigenvalue weighted by Crippen LogP contribution is 2.34. The molecule has 0 bridgehead atoms. The lowest BCUT2D eigenvalue weighted by Gasteiger charge is -2.33. The lowest BCUT2D eigenvalue weighted by molar-refractivity contribution is -0.183. The number of hydrogen-bond acceptors (Lipinski definition) is 4. The van der Waals surface area contributed by atoms with Crippen LogP contribution in [0.3, 0.4) is 0 Å². The summed E-state index contributed by atoms with van der Waals surface area (Å²) in [6.45, 7) is 6.81. The summed E-state index contributed by atoms with van der Waals surface area (Å²) in [4.78, 5) is 12.7. The van der Waals surface area contributed by atoms with E-state index in [9.17, 15) is 4.79 Å². The first-order chi connectivity index (χ1) is 14.0. The second-order valence-electron chi connectivity index (χ2n) is 7.52. The topological polar surface area (TPSA) is 44.8 Å². The van der Waals surface area contributed by atoms with Gasteiger partial charge in [-0.25, -0.2) is 4.79 Å². The Hall–Kier alpha value is -2.37. The average molecular weight is 411 g/mol. The predicted octanol–water partition coefficient (Wildman–Crippen LogP) is 5.56. The van der Waals surface area contributed by atoms with Crippen LogP contribution in [0.1, 0.15) is 31.9 Å². The fourth-order valence-corrected chi connectivity index (χ4v) is 6.32. The highest BCUT2D eigenvalue weighted by Gasteiger charge is 2.48. The lowest BCUT2D eigenvalue weighted by atomic mass is 10.1. The van der Waals surface area contributed by atoms with E-state index < -0.39 is 20.1 Å². The molecule has 0 spiro atoms. The van der Waals surface area contributed by atoms with Crippen molar-refractivity contribution in [2.45, 2.75) is 51.1 Å². The predicted molar refractivity (Wildman–Crippen MR) is 118 cm³/mol. The fraction of sp³-hybridized carbons (Fsp3) is 0.375. The molecular weight excluding hydrogens is 380 g/mol. The molecule has 1 aliphatic rings. The molecule has 1 saturated heterocycles. The molecule has 0 aliphatic carbocycles. The minimum Gasteiger partial charge on any atom is -0.442 e. The molecule has 1 fully saturated rings. The van der Waals surface area contributed by atoms with Crippen LogP contribution in [0, 0.1) is 0 Å². The fourth-order valence-electron chi connectivity index (χ4n) is 3.68. The van der Waals surface area contributed by atoms with Crippen LogP contribution in [0.2, 0.25) is 18.1 Å². The summed E-state index contributed by atoms with van der Waals surface area (Å²) >= 11 is 0. The molecule has 0 radical (unpaired) electrons. The van der Waals surface area contributed by atoms with Crippen LogP contribution < -0.4 is 0 Å². The van der Waals surface area contributed by atoms with Gasteiger partial charge in [0.25, 0.3) is 5.79 Å². The monoisotopic (exact) mass is 410 g/mol. The maximum atomic E-state index is 12.7. The van der Waals surface area contributed by atoms with Crippen molar-refractivity contribution in [3.8, 4) is 0 Å². The summed E-state index contributed by atoms with van der Waals surface area (Å²) in [6.07, 6.45) is 2.19. The molecule has 4 nitrogen and oxygen atoms in total. The summed E-state index contributed by atoms with van der Waals surface area (Å²) < 4.78 is 18.5. The van der Waals surface area contributed by atoms with Gasteiger partial charge in [-0.15, -0.1) is 0 Å². The van der Waals surface area contributed by atoms with Gasteiger partial charge in [-0.1, -0.05) is 81.4 Å². The molecule has 1 heterocycles. The summed E-state index contributed by atoms with van der Waals surface area (Å²) in [5, 5.41) is 0. The number of ether oxygens (including phenoxy) is 2. The number of esters is 1. The van der Waals surface area contributed by atoms with Crippen molar-refractivity contribution in [3.63, 3.8) is 0 Å². The van der Waals surface area contributed by atoms with Gasteiger partial charge in [-0.2, -0.15) is 0 Å². The highest BCUT2D eigenvalue weighted by atomic mass is 28.4. The van der Waals surface area contributed by atoms with E-state index in [-0.39, 0.29) is 12.4 Å². The normalized spacial score (nSPS) is 20.5. The molecule has 154 valence electrons. The Kier molecular flexibility index (Phi) is 6.93. The Labute approximate surface area is 174 Å². The van der Waals surface area contributed by atoms with Gasteiger partial charge >= 0.3 is 5.97 Å². The zero-order chi connectivity index (χ0) is 20.7. The van der Waals surface area contributed by atoms with E-state index in [1.807, 2.05) is 60.7 Å². The average Bonchev–Trinajstić information content (AvgIpc) is 3.06. The summed E-state index contributed by atoms with van der Waals surface area (Å²) in [6, 6.07) is 22.7. The van der Waals surface area contributed by atoms with Crippen LogP contribution in [0.15, 0.2) is 66.4 Å². The molecule has 0 unspecified atom stereocenters. The van der Waals surface area contributed by atoms with E-state index >= 15 is 0 Å². The van der Waals surface area contributed by atoms with Gasteiger partial charge in [-0.3, -0.25) is 0 Å². The van der Waals surface area contributed by atoms with Gasteiger partial charge in [0.1, 0.15) is 6.61 Å². The summed E-state index contributed by atoms with van der Waals surface area (Å²) in [5.41, 5.74) is 1.94. The van der Waals surface area contributed by atoms with Crippen LogP contribution in [0.5, 0.6) is 0 Å². The second kappa shape index (κ2) is 9.42. The number of hydrogen-bond donors (Lipinski definition) is 0. The Morgan fingerprint density at radius 3 is 2.07 bits per heavy atom. The largest absolute Gasteiger partial charge is 0.442 e. The van der Waals surface area contributed by atoms with Crippen LogP contribution in [0.25, 0.3) is 6.08 Å². The summed E-state index contributed by atoms with van der Waals surface area (Å²) in [5.74, 6) is -1.34. The van der Waals surface area contributed by atoms with Crippen molar-refractivity contribution < 1.29 is 18.7 Å². The van der Waals surface area contributed by atoms with Crippen molar-refractivity contribution in [1.29, 1.82) is 0 Å². The molecule has 0 amide bonds. The Morgan fingerprint density at radius 2 is 1.48 bits per heavy atom. The van der Waals surface area contributed by atoms with Crippen molar-refractivity contribution in [2.75, 3.05) is 6.61 Å². The first-order valence-electron chi connectivity index (χ1n) is 10.4. The van der Waals surface area contributed by atoms with Crippen LogP contribution in [0.4, 0.5) is 0 Å². The van der Waals surface area contributed by atoms with Crippen LogP contribution in [-0.4, -0.2) is 26.7 Å². The highest BCUT2D eigenvalue weighted by molar-refractivity contribution is 6.73. The van der Waals surface area contributed by atoms with Gasteiger partial charge in [0.2, 0.25) is 5.76 Å². The number of benzene rings is 2. The van der Waals surface area contributed by atoms with E-state index in [1.165, 1.54) is 0 Å². The standard InChI is InChI=1S/C24H30O4Si/c1-4-29(5-2,6-3)26-19-24(18-21-15-11-8-12-16-21)27-22(23(25)28-24)17-20-13-9-7-10-14-20/h7-17H,4-6,18-19H2,1-3H3/b22-17-/t24-/m0/s1. The van der Waals surface area contributed by atoms with Crippen LogP contribution in [-0.2, 0) is 25.1 Å². The molecular formula is C24H30O4Si. The van der Waals surface area contributed by atoms with Gasteiger partial charge < -0.3 is 13.9 Å². The quantitative estimate of drug-likeness (QED) is 0.308. The maximum absolute atomic E-state index is 12.7. The Morgan fingerprint density at radius 1 is 0.897 bits per heavy atom. The maximum Gasteiger partial charge on any atom is 0.377 e. The lowest BCUT2D eigenvalue weighted by Crippen LogP contribution is -2.45. The van der Waals surface area contributed by atoms with Crippen LogP contribution >= 0.6 is 0 Å². The minimum atomic E-state index is -1.86. The molecule has 5 heteroatoms. The van der Waals surface area contributed by atoms with Gasteiger partial charge in [0.05, 0.1) is 6.42 Å². The van der Waals surface area contributed by atoms with Crippen molar-refractivity contribution in [3.05, 3.63) is 77.5 Å². The van der Waals surface area contributed by atoms with Gasteiger partial charge in [0, 0.05) is 0 Å². The molecule has 2 aromatic rings. The SMILES string of the molecule is CC[Si](CC)(CC)OC[C@]1(Cc2ccccc2)OC(=O)/C(=C/c2ccccc2)O1. The molecule has 0 saturated carbocycles. The second-order valence-corrected chi connectivity index (χ2v) is 12.3. The van der Waals surface area contributed by atoms with Gasteiger partial charge in [0.15, 0.2) is 8.32 Å². The molecule has 1 aliphatic heterocycles. The number of rotatable bonds is 9. The molecule has 2 aromatic carbocycles. The third kappa shape index (κ3) is 5.17. The Balaban J connectivity index is 1.87. The molecule has 1 atom stereocenters. The van der Waals surface area contributed by atoms with Gasteiger partial charge in [-0.05, 0) is 35.3 Å². The zero-order valence-electron chi connectivity index (χ0n) is 17.5. The number of cyclic esters (lactones) is 1. The number of carbonyl (C=O) groups is 1. The molecule has 0 N–H and O–H groups in total. The Bertz CT molecular complexity index is 822. The first-order valence-corrected chi connectivity index (χ1v) is 12.9.